The number of nitrogens with one attached hydrogen (secondary N) is 1. The number of hydrogen-bond acceptors (Lipinski definition) is 5. The molecule has 6 nitrogen and oxygen atoms in total. The average molecular weight is 324 g/mol. The van der Waals surface area contributed by atoms with Gasteiger partial charge in [0.15, 0.2) is 11.5 Å². The van der Waals surface area contributed by atoms with Crippen LogP contribution in [0.3, 0.4) is 0 Å². The minimum absolute atomic E-state index is 0.153. The number of anilines is 1. The molecule has 0 unspecified atom stereocenters. The minimum Gasteiger partial charge on any atom is -0.454 e. The zero-order valence-corrected chi connectivity index (χ0v) is 12.9. The highest BCUT2D eigenvalue weighted by molar-refractivity contribution is 6.06. The Hall–Kier alpha value is -3.02. The number of nitrogens with zero attached hydrogens (tertiary/aromatic N) is 1. The molecular weight excluding hydrogens is 308 g/mol. The summed E-state index contributed by atoms with van der Waals surface area (Å²) in [4.78, 5) is 26.0. The van der Waals surface area contributed by atoms with E-state index in [1.165, 1.54) is 4.90 Å². The highest BCUT2D eigenvalue weighted by Gasteiger charge is 2.38. The molecule has 1 N–H and O–H groups in total. The number of carbonyl (C=O) groups excluding carboxylic acids is 2. The number of carbonyl (C=O) groups is 2. The molecule has 0 radical (unpaired) electrons. The Morgan fingerprint density at radius 3 is 2.67 bits per heavy atom. The van der Waals surface area contributed by atoms with Gasteiger partial charge in [0.1, 0.15) is 6.04 Å². The average Bonchev–Trinajstić information content (AvgIpc) is 3.16. The van der Waals surface area contributed by atoms with E-state index >= 15 is 0 Å². The highest BCUT2D eigenvalue weighted by atomic mass is 16.7. The predicted molar refractivity (Wildman–Crippen MR) is 86.6 cm³/mol. The second-order valence-electron chi connectivity index (χ2n) is 5.77. The fraction of sp³-hybridized carbons (Fsp3) is 0.222. The van der Waals surface area contributed by atoms with E-state index in [9.17, 15) is 9.59 Å². The summed E-state index contributed by atoms with van der Waals surface area (Å²) in [5.41, 5.74) is 1.66. The summed E-state index contributed by atoms with van der Waals surface area (Å²) in [7, 11) is 0. The number of fused-ring (bicyclic) bond motifs is 1. The molecule has 0 bridgehead atoms. The third kappa shape index (κ3) is 2.67. The summed E-state index contributed by atoms with van der Waals surface area (Å²) < 4.78 is 10.6. The van der Waals surface area contributed by atoms with Gasteiger partial charge < -0.3 is 14.8 Å². The Labute approximate surface area is 139 Å². The van der Waals surface area contributed by atoms with Crippen molar-refractivity contribution in [1.82, 2.24) is 4.90 Å². The normalized spacial score (nSPS) is 19.0. The van der Waals surface area contributed by atoms with Crippen molar-refractivity contribution in [1.29, 1.82) is 0 Å². The molecular formula is C18H16N2O4. The van der Waals surface area contributed by atoms with E-state index in [1.54, 1.807) is 12.1 Å². The summed E-state index contributed by atoms with van der Waals surface area (Å²) in [5, 5.41) is 3.12. The quantitative estimate of drug-likeness (QED) is 0.873. The van der Waals surface area contributed by atoms with Crippen LogP contribution in [0, 0.1) is 0 Å². The second-order valence-corrected chi connectivity index (χ2v) is 5.77. The smallest absolute Gasteiger partial charge is 0.252 e. The molecule has 1 atom stereocenters. The molecule has 2 aromatic rings. The van der Waals surface area contributed by atoms with Gasteiger partial charge in [-0.3, -0.25) is 14.5 Å². The van der Waals surface area contributed by atoms with Crippen molar-refractivity contribution < 1.29 is 19.1 Å². The van der Waals surface area contributed by atoms with E-state index in [1.807, 2.05) is 36.4 Å². The van der Waals surface area contributed by atoms with Crippen molar-refractivity contribution >= 4 is 17.5 Å². The van der Waals surface area contributed by atoms with Crippen LogP contribution < -0.4 is 14.8 Å². The van der Waals surface area contributed by atoms with Gasteiger partial charge in [0.25, 0.3) is 5.91 Å². The molecule has 2 amide bonds. The zero-order chi connectivity index (χ0) is 16.5. The molecule has 1 saturated heterocycles. The summed E-state index contributed by atoms with van der Waals surface area (Å²) in [5.74, 6) is 0.946. The number of ether oxygens (including phenoxy) is 2. The summed E-state index contributed by atoms with van der Waals surface area (Å²) in [6.45, 7) is 0.502. The lowest BCUT2D eigenvalue weighted by molar-refractivity contribution is -0.139. The standard InChI is InChI=1S/C18H16N2O4/c21-17-9-14(18(22)20(17)10-12-4-2-1-3-5-12)19-13-6-7-15-16(8-13)24-11-23-15/h1-8,14,19H,9-11H2/t14-/m0/s1. The molecule has 0 spiro atoms. The van der Waals surface area contributed by atoms with Gasteiger partial charge in [-0.25, -0.2) is 0 Å². The molecule has 4 rings (SSSR count). The first-order chi connectivity index (χ1) is 11.7. The van der Waals surface area contributed by atoms with Gasteiger partial charge in [-0.05, 0) is 17.7 Å². The fourth-order valence-corrected chi connectivity index (χ4v) is 2.92. The number of imide groups is 1. The molecule has 0 saturated carbocycles. The molecule has 24 heavy (non-hydrogen) atoms. The van der Waals surface area contributed by atoms with Gasteiger partial charge in [-0.2, -0.15) is 0 Å². The number of benzene rings is 2. The number of likely N-dealkylation sites (tertiary alicyclic amines) is 1. The number of hydrogen-bond donors (Lipinski definition) is 1. The van der Waals surface area contributed by atoms with Gasteiger partial charge in [0.2, 0.25) is 12.7 Å². The van der Waals surface area contributed by atoms with Gasteiger partial charge >= 0.3 is 0 Å². The van der Waals surface area contributed by atoms with E-state index in [2.05, 4.69) is 5.32 Å². The molecule has 2 heterocycles. The molecule has 0 aromatic heterocycles. The maximum atomic E-state index is 12.5. The van der Waals surface area contributed by atoms with Crippen molar-refractivity contribution in [2.75, 3.05) is 12.1 Å². The van der Waals surface area contributed by atoms with Crippen LogP contribution in [-0.2, 0) is 16.1 Å². The summed E-state index contributed by atoms with van der Waals surface area (Å²) in [6, 6.07) is 14.3. The van der Waals surface area contributed by atoms with Crippen LogP contribution in [0.15, 0.2) is 48.5 Å². The summed E-state index contributed by atoms with van der Waals surface area (Å²) >= 11 is 0. The molecule has 2 aliphatic heterocycles. The lowest BCUT2D eigenvalue weighted by Gasteiger charge is -2.16. The molecule has 6 heteroatoms. The molecule has 0 aliphatic carbocycles. The molecule has 2 aliphatic rings. The number of amides is 2. The predicted octanol–water partition coefficient (Wildman–Crippen LogP) is 2.15. The lowest BCUT2D eigenvalue weighted by atomic mass is 10.2. The van der Waals surface area contributed by atoms with Gasteiger partial charge in [0.05, 0.1) is 13.0 Å². The van der Waals surface area contributed by atoms with Crippen molar-refractivity contribution in [3.05, 3.63) is 54.1 Å². The monoisotopic (exact) mass is 324 g/mol. The van der Waals surface area contributed by atoms with Crippen molar-refractivity contribution in [3.8, 4) is 11.5 Å². The second kappa shape index (κ2) is 5.88. The fourth-order valence-electron chi connectivity index (χ4n) is 2.92. The third-order valence-corrected chi connectivity index (χ3v) is 4.14. The van der Waals surface area contributed by atoms with Crippen LogP contribution in [0.25, 0.3) is 0 Å². The largest absolute Gasteiger partial charge is 0.454 e. The molecule has 122 valence electrons. The van der Waals surface area contributed by atoms with E-state index in [0.717, 1.165) is 11.3 Å². The Balaban J connectivity index is 1.47. The Morgan fingerprint density at radius 2 is 1.83 bits per heavy atom. The Bertz CT molecular complexity index is 791. The van der Waals surface area contributed by atoms with Crippen molar-refractivity contribution in [2.24, 2.45) is 0 Å². The van der Waals surface area contributed by atoms with Crippen LogP contribution in [0.1, 0.15) is 12.0 Å². The van der Waals surface area contributed by atoms with E-state index in [-0.39, 0.29) is 25.0 Å². The Kier molecular flexibility index (Phi) is 3.57. The van der Waals surface area contributed by atoms with Crippen LogP contribution in [0.5, 0.6) is 11.5 Å². The topological polar surface area (TPSA) is 67.9 Å². The van der Waals surface area contributed by atoms with E-state index in [4.69, 9.17) is 9.47 Å². The van der Waals surface area contributed by atoms with Crippen LogP contribution in [0.2, 0.25) is 0 Å². The third-order valence-electron chi connectivity index (χ3n) is 4.14. The first kappa shape index (κ1) is 14.6. The molecule has 2 aromatic carbocycles. The maximum Gasteiger partial charge on any atom is 0.252 e. The van der Waals surface area contributed by atoms with E-state index < -0.39 is 6.04 Å². The Morgan fingerprint density at radius 1 is 1.04 bits per heavy atom. The highest BCUT2D eigenvalue weighted by Crippen LogP contribution is 2.34. The van der Waals surface area contributed by atoms with Crippen molar-refractivity contribution in [3.63, 3.8) is 0 Å². The maximum absolute atomic E-state index is 12.5. The van der Waals surface area contributed by atoms with Crippen LogP contribution in [-0.4, -0.2) is 29.5 Å². The van der Waals surface area contributed by atoms with E-state index in [0.29, 0.717) is 18.0 Å². The molecule has 1 fully saturated rings. The number of rotatable bonds is 4. The summed E-state index contributed by atoms with van der Waals surface area (Å²) in [6.07, 6.45) is 0.153. The van der Waals surface area contributed by atoms with Gasteiger partial charge in [0, 0.05) is 11.8 Å². The first-order valence-corrected chi connectivity index (χ1v) is 7.75. The van der Waals surface area contributed by atoms with Crippen molar-refractivity contribution in [2.45, 2.75) is 19.0 Å². The first-order valence-electron chi connectivity index (χ1n) is 7.75. The van der Waals surface area contributed by atoms with Crippen LogP contribution >= 0.6 is 0 Å². The minimum atomic E-state index is -0.554. The SMILES string of the molecule is O=C1C[C@H](Nc2ccc3c(c2)OCO3)C(=O)N1Cc1ccccc1. The van der Waals surface area contributed by atoms with Gasteiger partial charge in [-0.1, -0.05) is 30.3 Å². The van der Waals surface area contributed by atoms with Gasteiger partial charge in [-0.15, -0.1) is 0 Å². The lowest BCUT2D eigenvalue weighted by Crippen LogP contribution is -2.34. The van der Waals surface area contributed by atoms with Crippen LogP contribution in [0.4, 0.5) is 5.69 Å². The zero-order valence-electron chi connectivity index (χ0n) is 12.9.